The number of nitrogens with zero attached hydrogens (tertiary/aromatic N) is 1. The molecule has 160 valence electrons. The Morgan fingerprint density at radius 2 is 1.97 bits per heavy atom. The van der Waals surface area contributed by atoms with Gasteiger partial charge in [0.1, 0.15) is 36.2 Å². The average Bonchev–Trinajstić information content (AvgIpc) is 2.99. The van der Waals surface area contributed by atoms with Crippen molar-refractivity contribution < 1.29 is 28.6 Å². The molecule has 3 N–H and O–H groups in total. The lowest BCUT2D eigenvalue weighted by Crippen LogP contribution is -2.45. The molecule has 1 aromatic rings. The maximum atomic E-state index is 13.3. The Balaban J connectivity index is 2.03. The van der Waals surface area contributed by atoms with Gasteiger partial charge < -0.3 is 25.3 Å². The minimum absolute atomic E-state index is 0.0323. The van der Waals surface area contributed by atoms with Gasteiger partial charge in [-0.05, 0) is 26.3 Å². The quantitative estimate of drug-likeness (QED) is 0.415. The van der Waals surface area contributed by atoms with E-state index in [0.717, 1.165) is 5.56 Å². The van der Waals surface area contributed by atoms with Crippen molar-refractivity contribution in [1.82, 2.24) is 0 Å². The van der Waals surface area contributed by atoms with Gasteiger partial charge in [-0.2, -0.15) is 5.26 Å². The van der Waals surface area contributed by atoms with Crippen molar-refractivity contribution in [3.8, 4) is 6.07 Å². The molecule has 1 amide bonds. The molecule has 2 heterocycles. The van der Waals surface area contributed by atoms with E-state index in [-0.39, 0.29) is 41.6 Å². The van der Waals surface area contributed by atoms with Crippen LogP contribution in [-0.4, -0.2) is 31.1 Å². The number of carbonyl (C=O) groups excluding carboxylic acids is 3. The normalized spacial score (nSPS) is 19.4. The summed E-state index contributed by atoms with van der Waals surface area (Å²) in [5, 5.41) is 12.6. The largest absolute Gasteiger partial charge is 0.459 e. The highest BCUT2D eigenvalue weighted by Gasteiger charge is 2.60. The zero-order valence-corrected chi connectivity index (χ0v) is 17.3. The number of hydrogen-bond donors (Lipinski definition) is 2. The molecule has 3 rings (SSSR count). The first-order chi connectivity index (χ1) is 14.7. The van der Waals surface area contributed by atoms with E-state index in [4.69, 9.17) is 19.9 Å². The van der Waals surface area contributed by atoms with Crippen LogP contribution in [0.3, 0.4) is 0 Å². The fraction of sp³-hybridized carbons (Fsp3) is 0.273. The van der Waals surface area contributed by atoms with Gasteiger partial charge in [-0.15, -0.1) is 0 Å². The standard InChI is InChI=1S/C22H21N3O6/c1-11(2)19(26)29-8-9-30-20(27)16-13(4)31-18(24)15(10-23)22(16)14-7-5-6-12(3)17(14)25-21(22)28/h5-7H,1,8-9,24H2,2-4H3,(H,25,28)/t22-/m0/s1. The summed E-state index contributed by atoms with van der Waals surface area (Å²) in [6.45, 7) is 7.73. The maximum Gasteiger partial charge on any atom is 0.339 e. The number of nitrogens with two attached hydrogens (primary N) is 1. The highest BCUT2D eigenvalue weighted by Crippen LogP contribution is 2.52. The molecule has 0 unspecified atom stereocenters. The van der Waals surface area contributed by atoms with Crippen LogP contribution in [0.2, 0.25) is 0 Å². The summed E-state index contributed by atoms with van der Waals surface area (Å²) < 4.78 is 15.6. The van der Waals surface area contributed by atoms with Crippen molar-refractivity contribution in [2.45, 2.75) is 26.2 Å². The minimum Gasteiger partial charge on any atom is -0.459 e. The Kier molecular flexibility index (Phi) is 5.58. The van der Waals surface area contributed by atoms with Crippen LogP contribution in [0.15, 0.2) is 53.1 Å². The number of aryl methyl sites for hydroxylation is 1. The number of esters is 2. The van der Waals surface area contributed by atoms with E-state index in [1.807, 2.05) is 6.07 Å². The first kappa shape index (κ1) is 21.6. The van der Waals surface area contributed by atoms with Crippen LogP contribution < -0.4 is 11.1 Å². The van der Waals surface area contributed by atoms with Crippen LogP contribution in [0.5, 0.6) is 0 Å². The fourth-order valence-electron chi connectivity index (χ4n) is 3.71. The summed E-state index contributed by atoms with van der Waals surface area (Å²) in [5.41, 5.74) is 5.61. The lowest BCUT2D eigenvalue weighted by molar-refractivity contribution is -0.148. The van der Waals surface area contributed by atoms with Gasteiger partial charge in [0, 0.05) is 16.8 Å². The molecule has 2 aliphatic rings. The van der Waals surface area contributed by atoms with Crippen LogP contribution in [-0.2, 0) is 34.0 Å². The molecule has 0 saturated carbocycles. The Labute approximate surface area is 178 Å². The van der Waals surface area contributed by atoms with Gasteiger partial charge in [-0.1, -0.05) is 24.8 Å². The number of fused-ring (bicyclic) bond motifs is 2. The third-order valence-corrected chi connectivity index (χ3v) is 5.08. The Bertz CT molecular complexity index is 1120. The molecular formula is C22H21N3O6. The van der Waals surface area contributed by atoms with Crippen molar-refractivity contribution >= 4 is 23.5 Å². The second-order valence-electron chi connectivity index (χ2n) is 7.14. The van der Waals surface area contributed by atoms with Gasteiger partial charge >= 0.3 is 11.9 Å². The lowest BCUT2D eigenvalue weighted by Gasteiger charge is -2.33. The van der Waals surface area contributed by atoms with E-state index < -0.39 is 23.3 Å². The predicted molar refractivity (Wildman–Crippen MR) is 109 cm³/mol. The SMILES string of the molecule is C=C(C)C(=O)OCCOC(=O)C1=C(C)OC(N)=C(C#N)[C@]12C(=O)Nc1c(C)cccc12. The molecule has 2 aliphatic heterocycles. The highest BCUT2D eigenvalue weighted by atomic mass is 16.6. The number of ether oxygens (including phenoxy) is 3. The second kappa shape index (κ2) is 7.99. The first-order valence-corrected chi connectivity index (χ1v) is 9.37. The number of nitriles is 1. The average molecular weight is 423 g/mol. The topological polar surface area (TPSA) is 141 Å². The van der Waals surface area contributed by atoms with Crippen LogP contribution in [0, 0.1) is 18.3 Å². The van der Waals surface area contributed by atoms with Crippen molar-refractivity contribution in [2.75, 3.05) is 18.5 Å². The molecule has 0 aliphatic carbocycles. The third-order valence-electron chi connectivity index (χ3n) is 5.08. The molecule has 31 heavy (non-hydrogen) atoms. The zero-order chi connectivity index (χ0) is 22.9. The molecule has 0 aromatic heterocycles. The molecule has 0 fully saturated rings. The van der Waals surface area contributed by atoms with Gasteiger partial charge in [-0.3, -0.25) is 4.79 Å². The number of amides is 1. The Morgan fingerprint density at radius 3 is 2.61 bits per heavy atom. The van der Waals surface area contributed by atoms with Gasteiger partial charge in [0.25, 0.3) is 0 Å². The molecule has 1 atom stereocenters. The molecule has 9 nitrogen and oxygen atoms in total. The smallest absolute Gasteiger partial charge is 0.339 e. The van der Waals surface area contributed by atoms with Crippen molar-refractivity contribution in [2.24, 2.45) is 5.73 Å². The van der Waals surface area contributed by atoms with Crippen LogP contribution >= 0.6 is 0 Å². The van der Waals surface area contributed by atoms with Gasteiger partial charge in [0.05, 0.1) is 0 Å². The molecule has 0 bridgehead atoms. The highest BCUT2D eigenvalue weighted by molar-refractivity contribution is 6.17. The molecule has 0 saturated heterocycles. The Hall–Kier alpha value is -4.06. The van der Waals surface area contributed by atoms with E-state index in [2.05, 4.69) is 11.9 Å². The summed E-state index contributed by atoms with van der Waals surface area (Å²) in [5.74, 6) is -2.36. The molecule has 0 radical (unpaired) electrons. The third kappa shape index (κ3) is 3.32. The first-order valence-electron chi connectivity index (χ1n) is 9.37. The van der Waals surface area contributed by atoms with Gasteiger partial charge in [-0.25, -0.2) is 9.59 Å². The van der Waals surface area contributed by atoms with E-state index in [0.29, 0.717) is 11.3 Å². The minimum atomic E-state index is -1.81. The molecule has 1 aromatic carbocycles. The number of para-hydroxylation sites is 1. The number of carbonyl (C=O) groups is 3. The summed E-state index contributed by atoms with van der Waals surface area (Å²) >= 11 is 0. The van der Waals surface area contributed by atoms with Gasteiger partial charge in [0.15, 0.2) is 5.41 Å². The molecule has 1 spiro atoms. The maximum absolute atomic E-state index is 13.3. The number of benzene rings is 1. The number of rotatable bonds is 5. The number of allylic oxidation sites excluding steroid dienone is 1. The summed E-state index contributed by atoms with van der Waals surface area (Å²) in [6.07, 6.45) is 0. The van der Waals surface area contributed by atoms with Crippen LogP contribution in [0.25, 0.3) is 0 Å². The Morgan fingerprint density at radius 1 is 1.29 bits per heavy atom. The van der Waals surface area contributed by atoms with Crippen LogP contribution in [0.4, 0.5) is 5.69 Å². The van der Waals surface area contributed by atoms with E-state index in [1.165, 1.54) is 13.8 Å². The fourth-order valence-corrected chi connectivity index (χ4v) is 3.71. The van der Waals surface area contributed by atoms with Crippen LogP contribution in [0.1, 0.15) is 25.0 Å². The summed E-state index contributed by atoms with van der Waals surface area (Å²) in [6, 6.07) is 7.08. The van der Waals surface area contributed by atoms with Gasteiger partial charge in [0.2, 0.25) is 11.8 Å². The molecule has 9 heteroatoms. The van der Waals surface area contributed by atoms with E-state index >= 15 is 0 Å². The monoisotopic (exact) mass is 423 g/mol. The predicted octanol–water partition coefficient (Wildman–Crippen LogP) is 1.85. The second-order valence-corrected chi connectivity index (χ2v) is 7.14. The molecular weight excluding hydrogens is 402 g/mol. The summed E-state index contributed by atoms with van der Waals surface area (Å²) in [7, 11) is 0. The number of hydrogen-bond acceptors (Lipinski definition) is 8. The number of nitrogens with one attached hydrogen (secondary N) is 1. The zero-order valence-electron chi connectivity index (χ0n) is 17.3. The lowest BCUT2D eigenvalue weighted by atomic mass is 9.68. The van der Waals surface area contributed by atoms with E-state index in [1.54, 1.807) is 25.1 Å². The van der Waals surface area contributed by atoms with Crippen molar-refractivity contribution in [1.29, 1.82) is 5.26 Å². The van der Waals surface area contributed by atoms with Crippen molar-refractivity contribution in [3.05, 3.63) is 64.3 Å². The number of anilines is 1. The van der Waals surface area contributed by atoms with Crippen molar-refractivity contribution in [3.63, 3.8) is 0 Å². The van der Waals surface area contributed by atoms with E-state index in [9.17, 15) is 19.6 Å². The summed E-state index contributed by atoms with van der Waals surface area (Å²) in [4.78, 5) is 37.9.